The first-order valence-electron chi connectivity index (χ1n) is 11.2. The van der Waals surface area contributed by atoms with Crippen LogP contribution in [0, 0.1) is 5.92 Å². The predicted molar refractivity (Wildman–Crippen MR) is 140 cm³/mol. The molecular formula is C27H28ClNO4S. The lowest BCUT2D eigenvalue weighted by atomic mass is 9.97. The van der Waals surface area contributed by atoms with E-state index in [0.717, 1.165) is 40.6 Å². The summed E-state index contributed by atoms with van der Waals surface area (Å²) in [4.78, 5) is 26.6. The third-order valence-electron chi connectivity index (χ3n) is 5.48. The maximum absolute atomic E-state index is 11.0. The van der Waals surface area contributed by atoms with E-state index in [0.29, 0.717) is 10.8 Å². The summed E-state index contributed by atoms with van der Waals surface area (Å²) in [6.45, 7) is 1.94. The highest BCUT2D eigenvalue weighted by atomic mass is 35.5. The Morgan fingerprint density at radius 1 is 1.03 bits per heavy atom. The lowest BCUT2D eigenvalue weighted by Gasteiger charge is -2.19. The molecule has 0 aliphatic rings. The van der Waals surface area contributed by atoms with Crippen LogP contribution in [0.4, 0.5) is 0 Å². The number of thioether (sulfide) groups is 1. The third kappa shape index (κ3) is 8.19. The average Bonchev–Trinajstić information content (AvgIpc) is 2.79. The Morgan fingerprint density at radius 3 is 2.59 bits per heavy atom. The highest BCUT2D eigenvalue weighted by Crippen LogP contribution is 2.36. The summed E-state index contributed by atoms with van der Waals surface area (Å²) in [5.74, 6) is -1.03. The molecule has 2 N–H and O–H groups in total. The first-order chi connectivity index (χ1) is 16.3. The molecule has 2 atom stereocenters. The van der Waals surface area contributed by atoms with E-state index in [4.69, 9.17) is 21.8 Å². The molecule has 34 heavy (non-hydrogen) atoms. The maximum Gasteiger partial charge on any atom is 0.304 e. The van der Waals surface area contributed by atoms with Crippen LogP contribution in [0.2, 0.25) is 5.02 Å². The molecule has 0 fully saturated rings. The number of aromatic nitrogens is 1. The minimum atomic E-state index is -0.814. The molecule has 0 saturated heterocycles. The largest absolute Gasteiger partial charge is 0.481 e. The SMILES string of the molecule is CC(CCC(SCCC(=O)O)c1cccc(/C=C/c2ccc3ccc(Cl)cc3n2)c1)CC(=O)O. The summed E-state index contributed by atoms with van der Waals surface area (Å²) >= 11 is 7.71. The molecule has 0 radical (unpaired) electrons. The number of pyridine rings is 1. The zero-order valence-electron chi connectivity index (χ0n) is 19.0. The standard InChI is InChI=1S/C27H28ClNO4S/c1-18(15-27(32)33)5-12-25(34-14-13-26(30)31)21-4-2-3-19(16-21)6-10-23-11-8-20-7-9-22(28)17-24(20)29-23/h2-4,6-11,16-18,25H,5,12-15H2,1H3,(H,30,31)(H,32,33)/b10-6+. The molecule has 0 bridgehead atoms. The number of hydrogen-bond acceptors (Lipinski definition) is 4. The minimum absolute atomic E-state index is 0.0654. The number of nitrogens with zero attached hydrogens (tertiary/aromatic N) is 1. The van der Waals surface area contributed by atoms with Crippen molar-refractivity contribution in [3.05, 3.63) is 76.4 Å². The molecule has 2 unspecified atom stereocenters. The van der Waals surface area contributed by atoms with Gasteiger partial charge in [0.25, 0.3) is 0 Å². The predicted octanol–water partition coefficient (Wildman–Crippen LogP) is 7.20. The van der Waals surface area contributed by atoms with Gasteiger partial charge in [-0.1, -0.05) is 61.0 Å². The quantitative estimate of drug-likeness (QED) is 0.275. The van der Waals surface area contributed by atoms with Gasteiger partial charge >= 0.3 is 11.9 Å². The Kier molecular flexibility index (Phi) is 9.54. The van der Waals surface area contributed by atoms with Gasteiger partial charge in [0.05, 0.1) is 17.6 Å². The number of carboxylic acids is 2. The van der Waals surface area contributed by atoms with Crippen molar-refractivity contribution in [3.63, 3.8) is 0 Å². The second-order valence-corrected chi connectivity index (χ2v) is 10.1. The Labute approximate surface area is 208 Å². The highest BCUT2D eigenvalue weighted by molar-refractivity contribution is 7.99. The van der Waals surface area contributed by atoms with Gasteiger partial charge in [-0.05, 0) is 54.2 Å². The fourth-order valence-electron chi connectivity index (χ4n) is 3.71. The summed E-state index contributed by atoms with van der Waals surface area (Å²) in [6, 6.07) is 17.8. The summed E-state index contributed by atoms with van der Waals surface area (Å²) in [6.07, 6.45) is 5.76. The smallest absolute Gasteiger partial charge is 0.304 e. The molecule has 0 saturated carbocycles. The van der Waals surface area contributed by atoms with Gasteiger partial charge in [-0.2, -0.15) is 11.8 Å². The van der Waals surface area contributed by atoms with Crippen molar-refractivity contribution in [1.29, 1.82) is 0 Å². The van der Waals surface area contributed by atoms with E-state index >= 15 is 0 Å². The molecule has 3 rings (SSSR count). The van der Waals surface area contributed by atoms with Crippen LogP contribution >= 0.6 is 23.4 Å². The van der Waals surface area contributed by atoms with Crippen molar-refractivity contribution >= 4 is 58.4 Å². The molecule has 1 aromatic heterocycles. The molecule has 0 spiro atoms. The van der Waals surface area contributed by atoms with Crippen LogP contribution in [-0.2, 0) is 9.59 Å². The lowest BCUT2D eigenvalue weighted by molar-refractivity contribution is -0.138. The van der Waals surface area contributed by atoms with Crippen LogP contribution in [0.5, 0.6) is 0 Å². The number of carboxylic acid groups (broad SMARTS) is 2. The Balaban J connectivity index is 1.75. The summed E-state index contributed by atoms with van der Waals surface area (Å²) in [5, 5.41) is 19.8. The molecule has 3 aromatic rings. The number of rotatable bonds is 12. The van der Waals surface area contributed by atoms with Crippen molar-refractivity contribution in [2.75, 3.05) is 5.75 Å². The summed E-state index contributed by atoms with van der Waals surface area (Å²) in [7, 11) is 0. The zero-order valence-corrected chi connectivity index (χ0v) is 20.6. The van der Waals surface area contributed by atoms with Gasteiger partial charge < -0.3 is 10.2 Å². The Hall–Kier alpha value is -2.83. The van der Waals surface area contributed by atoms with Crippen LogP contribution in [-0.4, -0.2) is 32.9 Å². The number of hydrogen-bond donors (Lipinski definition) is 2. The topological polar surface area (TPSA) is 87.5 Å². The molecule has 5 nitrogen and oxygen atoms in total. The van der Waals surface area contributed by atoms with Crippen LogP contribution in [0.3, 0.4) is 0 Å². The highest BCUT2D eigenvalue weighted by Gasteiger charge is 2.16. The molecular weight excluding hydrogens is 470 g/mol. The Morgan fingerprint density at radius 2 is 1.82 bits per heavy atom. The molecule has 1 heterocycles. The van der Waals surface area contributed by atoms with Gasteiger partial charge in [-0.25, -0.2) is 4.98 Å². The van der Waals surface area contributed by atoms with Gasteiger partial charge in [-0.15, -0.1) is 0 Å². The van der Waals surface area contributed by atoms with Gasteiger partial charge in [0.15, 0.2) is 0 Å². The molecule has 178 valence electrons. The van der Waals surface area contributed by atoms with Crippen LogP contribution in [0.1, 0.15) is 54.7 Å². The number of fused-ring (bicyclic) bond motifs is 1. The van der Waals surface area contributed by atoms with Crippen molar-refractivity contribution in [2.24, 2.45) is 5.92 Å². The van der Waals surface area contributed by atoms with E-state index in [1.807, 2.05) is 67.6 Å². The fourth-order valence-corrected chi connectivity index (χ4v) is 5.10. The van der Waals surface area contributed by atoms with Crippen LogP contribution in [0.15, 0.2) is 54.6 Å². The monoisotopic (exact) mass is 497 g/mol. The number of carbonyl (C=O) groups is 2. The third-order valence-corrected chi connectivity index (χ3v) is 7.07. The van der Waals surface area contributed by atoms with Crippen molar-refractivity contribution in [2.45, 2.75) is 37.9 Å². The summed E-state index contributed by atoms with van der Waals surface area (Å²) in [5.41, 5.74) is 3.80. The number of aliphatic carboxylic acids is 2. The fraction of sp³-hybridized carbons (Fsp3) is 0.296. The number of benzene rings is 2. The van der Waals surface area contributed by atoms with Crippen LogP contribution in [0.25, 0.3) is 23.1 Å². The minimum Gasteiger partial charge on any atom is -0.481 e. The van der Waals surface area contributed by atoms with Crippen molar-refractivity contribution in [3.8, 4) is 0 Å². The average molecular weight is 498 g/mol. The van der Waals surface area contributed by atoms with Gasteiger partial charge in [-0.3, -0.25) is 9.59 Å². The van der Waals surface area contributed by atoms with E-state index in [9.17, 15) is 9.59 Å². The van der Waals surface area contributed by atoms with Crippen molar-refractivity contribution in [1.82, 2.24) is 4.98 Å². The van der Waals surface area contributed by atoms with E-state index in [1.165, 1.54) is 0 Å². The van der Waals surface area contributed by atoms with Crippen LogP contribution < -0.4 is 0 Å². The molecule has 0 amide bonds. The van der Waals surface area contributed by atoms with E-state index < -0.39 is 11.9 Å². The zero-order chi connectivity index (χ0) is 24.5. The van der Waals surface area contributed by atoms with Gasteiger partial charge in [0, 0.05) is 27.8 Å². The maximum atomic E-state index is 11.0. The lowest BCUT2D eigenvalue weighted by Crippen LogP contribution is -2.07. The second kappa shape index (κ2) is 12.6. The summed E-state index contributed by atoms with van der Waals surface area (Å²) < 4.78 is 0. The normalized spacial score (nSPS) is 13.2. The van der Waals surface area contributed by atoms with E-state index in [1.54, 1.807) is 11.8 Å². The number of halogens is 1. The first-order valence-corrected chi connectivity index (χ1v) is 12.6. The molecule has 0 aliphatic heterocycles. The van der Waals surface area contributed by atoms with Crippen molar-refractivity contribution < 1.29 is 19.8 Å². The Bertz CT molecular complexity index is 1180. The molecule has 0 aliphatic carbocycles. The van der Waals surface area contributed by atoms with E-state index in [-0.39, 0.29) is 24.0 Å². The van der Waals surface area contributed by atoms with Gasteiger partial charge in [0.1, 0.15) is 0 Å². The van der Waals surface area contributed by atoms with E-state index in [2.05, 4.69) is 11.1 Å². The first kappa shape index (κ1) is 25.8. The molecule has 7 heteroatoms. The molecule has 2 aromatic carbocycles. The second-order valence-electron chi connectivity index (χ2n) is 8.36. The van der Waals surface area contributed by atoms with Gasteiger partial charge in [0.2, 0.25) is 0 Å².